The van der Waals surface area contributed by atoms with Crippen molar-refractivity contribution in [1.82, 2.24) is 9.80 Å². The fraction of sp³-hybridized carbons (Fsp3) is 0.900. The van der Waals surface area contributed by atoms with Crippen LogP contribution in [-0.4, -0.2) is 64.5 Å². The summed E-state index contributed by atoms with van der Waals surface area (Å²) in [6.07, 6.45) is 0. The summed E-state index contributed by atoms with van der Waals surface area (Å²) in [6, 6.07) is 0. The van der Waals surface area contributed by atoms with E-state index in [1.807, 2.05) is 18.7 Å². The first-order valence-corrected chi connectivity index (χ1v) is 6.06. The molecule has 1 aliphatic rings. The Balaban J connectivity index is 2.41. The molecule has 0 atom stereocenters. The van der Waals surface area contributed by atoms with Crippen LogP contribution in [0.25, 0.3) is 0 Å². The minimum atomic E-state index is -0.466. The Morgan fingerprint density at radius 3 is 2.27 bits per heavy atom. The zero-order chi connectivity index (χ0) is 11.5. The molecular formula is C10H19BrN2O2. The lowest BCUT2D eigenvalue weighted by molar-refractivity contribution is -0.134. The molecule has 1 amide bonds. The summed E-state index contributed by atoms with van der Waals surface area (Å²) in [5.74, 6) is 0.145. The Labute approximate surface area is 99.4 Å². The zero-order valence-electron chi connectivity index (χ0n) is 9.37. The topological polar surface area (TPSA) is 43.8 Å². The number of β-amino-alcohol motifs (C(OH)–C–C–N with tert-alkyl or cyclic N) is 1. The van der Waals surface area contributed by atoms with Gasteiger partial charge in [-0.05, 0) is 13.8 Å². The van der Waals surface area contributed by atoms with Gasteiger partial charge in [-0.25, -0.2) is 0 Å². The predicted molar refractivity (Wildman–Crippen MR) is 63.1 cm³/mol. The van der Waals surface area contributed by atoms with Crippen LogP contribution < -0.4 is 0 Å². The third kappa shape index (κ3) is 3.74. The molecule has 0 spiro atoms. The van der Waals surface area contributed by atoms with Crippen molar-refractivity contribution in [1.29, 1.82) is 0 Å². The molecule has 0 aromatic heterocycles. The molecule has 1 N–H and O–H groups in total. The predicted octanol–water partition coefficient (Wildman–Crippen LogP) is 0.296. The zero-order valence-corrected chi connectivity index (χ0v) is 11.0. The molecule has 0 saturated carbocycles. The summed E-state index contributed by atoms with van der Waals surface area (Å²) < 4.78 is -0.466. The number of hydrogen-bond donors (Lipinski definition) is 1. The number of hydrogen-bond acceptors (Lipinski definition) is 3. The number of halogens is 1. The molecule has 1 heterocycles. The summed E-state index contributed by atoms with van der Waals surface area (Å²) >= 11 is 3.38. The molecule has 4 nitrogen and oxygen atoms in total. The van der Waals surface area contributed by atoms with Crippen molar-refractivity contribution in [2.75, 3.05) is 39.3 Å². The summed E-state index contributed by atoms with van der Waals surface area (Å²) in [7, 11) is 0. The van der Waals surface area contributed by atoms with Gasteiger partial charge >= 0.3 is 0 Å². The number of piperazine rings is 1. The Hall–Kier alpha value is -0.130. The summed E-state index contributed by atoms with van der Waals surface area (Å²) in [5.41, 5.74) is 0. The smallest absolute Gasteiger partial charge is 0.238 e. The molecule has 0 radical (unpaired) electrons. The molecule has 1 saturated heterocycles. The van der Waals surface area contributed by atoms with Gasteiger partial charge in [0.25, 0.3) is 0 Å². The van der Waals surface area contributed by atoms with E-state index in [1.165, 1.54) is 0 Å². The minimum absolute atomic E-state index is 0.145. The van der Waals surface area contributed by atoms with Crippen LogP contribution in [0, 0.1) is 0 Å². The maximum Gasteiger partial charge on any atom is 0.238 e. The van der Waals surface area contributed by atoms with E-state index in [9.17, 15) is 4.79 Å². The van der Waals surface area contributed by atoms with Gasteiger partial charge in [-0.1, -0.05) is 15.9 Å². The Morgan fingerprint density at radius 1 is 1.33 bits per heavy atom. The van der Waals surface area contributed by atoms with Crippen molar-refractivity contribution in [2.45, 2.75) is 18.2 Å². The van der Waals surface area contributed by atoms with E-state index in [0.29, 0.717) is 6.54 Å². The number of aliphatic hydroxyl groups is 1. The number of carbonyl (C=O) groups excluding carboxylic acids is 1. The van der Waals surface area contributed by atoms with Crippen molar-refractivity contribution < 1.29 is 9.90 Å². The highest BCUT2D eigenvalue weighted by molar-refractivity contribution is 9.10. The molecule has 15 heavy (non-hydrogen) atoms. The van der Waals surface area contributed by atoms with Crippen LogP contribution in [0.5, 0.6) is 0 Å². The van der Waals surface area contributed by atoms with E-state index in [1.54, 1.807) is 0 Å². The van der Waals surface area contributed by atoms with E-state index < -0.39 is 4.32 Å². The lowest BCUT2D eigenvalue weighted by Gasteiger charge is -2.36. The molecule has 1 rings (SSSR count). The number of nitrogens with zero attached hydrogens (tertiary/aromatic N) is 2. The molecule has 0 aromatic rings. The highest BCUT2D eigenvalue weighted by Gasteiger charge is 2.30. The van der Waals surface area contributed by atoms with Crippen LogP contribution in [0.3, 0.4) is 0 Å². The van der Waals surface area contributed by atoms with Gasteiger partial charge in [-0.2, -0.15) is 0 Å². The van der Waals surface area contributed by atoms with Crippen molar-refractivity contribution in [3.63, 3.8) is 0 Å². The second-order valence-electron chi connectivity index (χ2n) is 4.33. The van der Waals surface area contributed by atoms with E-state index >= 15 is 0 Å². The second-order valence-corrected chi connectivity index (χ2v) is 6.31. The fourth-order valence-electron chi connectivity index (χ4n) is 1.69. The maximum absolute atomic E-state index is 11.9. The first-order valence-electron chi connectivity index (χ1n) is 5.26. The molecule has 0 unspecified atom stereocenters. The average molecular weight is 279 g/mol. The van der Waals surface area contributed by atoms with Gasteiger partial charge in [0.15, 0.2) is 0 Å². The van der Waals surface area contributed by atoms with Gasteiger partial charge in [0, 0.05) is 32.7 Å². The monoisotopic (exact) mass is 278 g/mol. The van der Waals surface area contributed by atoms with E-state index in [-0.39, 0.29) is 12.5 Å². The Morgan fingerprint density at radius 2 is 1.87 bits per heavy atom. The first-order chi connectivity index (χ1) is 6.95. The van der Waals surface area contributed by atoms with Crippen molar-refractivity contribution in [3.05, 3.63) is 0 Å². The first kappa shape index (κ1) is 12.9. The van der Waals surface area contributed by atoms with Crippen molar-refractivity contribution >= 4 is 21.8 Å². The second kappa shape index (κ2) is 5.27. The van der Waals surface area contributed by atoms with Gasteiger partial charge in [0.1, 0.15) is 0 Å². The SMILES string of the molecule is CC(C)(Br)C(=O)N1CCN(CCO)CC1. The van der Waals surface area contributed by atoms with E-state index in [0.717, 1.165) is 26.2 Å². The molecule has 88 valence electrons. The van der Waals surface area contributed by atoms with Crippen LogP contribution >= 0.6 is 15.9 Å². The molecule has 5 heteroatoms. The quantitative estimate of drug-likeness (QED) is 0.756. The summed E-state index contributed by atoms with van der Waals surface area (Å²) in [4.78, 5) is 15.9. The van der Waals surface area contributed by atoms with Gasteiger partial charge in [0.2, 0.25) is 5.91 Å². The number of aliphatic hydroxyl groups excluding tert-OH is 1. The Bertz CT molecular complexity index is 220. The highest BCUT2D eigenvalue weighted by atomic mass is 79.9. The highest BCUT2D eigenvalue weighted by Crippen LogP contribution is 2.20. The average Bonchev–Trinajstić information content (AvgIpc) is 2.17. The van der Waals surface area contributed by atoms with Crippen LogP contribution in [0.4, 0.5) is 0 Å². The molecular weight excluding hydrogens is 260 g/mol. The van der Waals surface area contributed by atoms with Gasteiger partial charge < -0.3 is 10.0 Å². The molecule has 1 fully saturated rings. The molecule has 0 aliphatic carbocycles. The number of alkyl halides is 1. The van der Waals surface area contributed by atoms with Gasteiger partial charge in [-0.3, -0.25) is 9.69 Å². The number of carbonyl (C=O) groups is 1. The lowest BCUT2D eigenvalue weighted by Crippen LogP contribution is -2.52. The number of rotatable bonds is 3. The largest absolute Gasteiger partial charge is 0.395 e. The third-order valence-corrected chi connectivity index (χ3v) is 2.92. The van der Waals surface area contributed by atoms with E-state index in [4.69, 9.17) is 5.11 Å². The van der Waals surface area contributed by atoms with Crippen molar-refractivity contribution in [2.24, 2.45) is 0 Å². The van der Waals surface area contributed by atoms with Gasteiger partial charge in [-0.15, -0.1) is 0 Å². The Kier molecular flexibility index (Phi) is 4.55. The van der Waals surface area contributed by atoms with Crippen molar-refractivity contribution in [3.8, 4) is 0 Å². The number of amides is 1. The fourth-order valence-corrected chi connectivity index (χ4v) is 1.94. The van der Waals surface area contributed by atoms with Crippen LogP contribution in [-0.2, 0) is 4.79 Å². The molecule has 1 aliphatic heterocycles. The summed E-state index contributed by atoms with van der Waals surface area (Å²) in [5, 5.41) is 8.79. The normalized spacial score (nSPS) is 19.3. The van der Waals surface area contributed by atoms with Crippen LogP contribution in [0.15, 0.2) is 0 Å². The third-order valence-electron chi connectivity index (χ3n) is 2.58. The standard InChI is InChI=1S/C10H19BrN2O2/c1-10(2,11)9(15)13-5-3-12(4-6-13)7-8-14/h14H,3-8H2,1-2H3. The lowest BCUT2D eigenvalue weighted by atomic mass is 10.1. The van der Waals surface area contributed by atoms with Crippen LogP contribution in [0.2, 0.25) is 0 Å². The van der Waals surface area contributed by atoms with E-state index in [2.05, 4.69) is 20.8 Å². The molecule has 0 bridgehead atoms. The minimum Gasteiger partial charge on any atom is -0.395 e. The van der Waals surface area contributed by atoms with Gasteiger partial charge in [0.05, 0.1) is 10.9 Å². The maximum atomic E-state index is 11.9. The van der Waals surface area contributed by atoms with Crippen LogP contribution in [0.1, 0.15) is 13.8 Å². The molecule has 0 aromatic carbocycles. The summed E-state index contributed by atoms with van der Waals surface area (Å²) in [6.45, 7) is 7.87.